The Labute approximate surface area is 114 Å². The summed E-state index contributed by atoms with van der Waals surface area (Å²) >= 11 is 0. The summed E-state index contributed by atoms with van der Waals surface area (Å²) in [5, 5.41) is 3.59. The lowest BCUT2D eigenvalue weighted by Crippen LogP contribution is -2.53. The van der Waals surface area contributed by atoms with E-state index in [1.54, 1.807) is 0 Å². The fourth-order valence-electron chi connectivity index (χ4n) is 3.02. The van der Waals surface area contributed by atoms with Gasteiger partial charge in [0.2, 0.25) is 0 Å². The van der Waals surface area contributed by atoms with Gasteiger partial charge in [-0.2, -0.15) is 0 Å². The van der Waals surface area contributed by atoms with E-state index in [-0.39, 0.29) is 0 Å². The van der Waals surface area contributed by atoms with Crippen molar-refractivity contribution >= 4 is 0 Å². The lowest BCUT2D eigenvalue weighted by Gasteiger charge is -2.41. The molecule has 3 nitrogen and oxygen atoms in total. The summed E-state index contributed by atoms with van der Waals surface area (Å²) in [4.78, 5) is 5.10. The van der Waals surface area contributed by atoms with Crippen molar-refractivity contribution < 1.29 is 0 Å². The van der Waals surface area contributed by atoms with E-state index in [1.807, 2.05) is 0 Å². The first kappa shape index (κ1) is 15.9. The molecule has 1 aliphatic rings. The van der Waals surface area contributed by atoms with Gasteiger partial charge in [0.1, 0.15) is 0 Å². The second-order valence-electron chi connectivity index (χ2n) is 6.24. The second kappa shape index (κ2) is 8.13. The van der Waals surface area contributed by atoms with Gasteiger partial charge in [-0.05, 0) is 52.4 Å². The topological polar surface area (TPSA) is 18.5 Å². The molecular weight excluding hydrogens is 222 g/mol. The van der Waals surface area contributed by atoms with Gasteiger partial charge in [-0.3, -0.25) is 4.90 Å². The zero-order valence-corrected chi connectivity index (χ0v) is 13.1. The van der Waals surface area contributed by atoms with E-state index in [0.29, 0.717) is 12.0 Å². The number of likely N-dealkylation sites (tertiary alicyclic amines) is 1. The number of nitrogens with one attached hydrogen (secondary N) is 1. The highest BCUT2D eigenvalue weighted by atomic mass is 15.2. The quantitative estimate of drug-likeness (QED) is 0.702. The average Bonchev–Trinajstić information content (AvgIpc) is 2.33. The highest BCUT2D eigenvalue weighted by Gasteiger charge is 2.27. The minimum atomic E-state index is 0.660. The number of rotatable bonds is 7. The Bertz CT molecular complexity index is 218. The fourth-order valence-corrected chi connectivity index (χ4v) is 3.02. The molecule has 0 amide bonds. The Morgan fingerprint density at radius 2 is 2.11 bits per heavy atom. The molecule has 0 bridgehead atoms. The van der Waals surface area contributed by atoms with Crippen molar-refractivity contribution in [3.8, 4) is 0 Å². The lowest BCUT2D eigenvalue weighted by atomic mass is 9.97. The summed E-state index contributed by atoms with van der Waals surface area (Å²) in [5.74, 6) is 0.714. The van der Waals surface area contributed by atoms with Gasteiger partial charge in [0.25, 0.3) is 0 Å². The Morgan fingerprint density at radius 3 is 2.67 bits per heavy atom. The maximum Gasteiger partial charge on any atom is 0.0244 e. The van der Waals surface area contributed by atoms with Gasteiger partial charge < -0.3 is 10.2 Å². The first-order chi connectivity index (χ1) is 8.56. The summed E-state index contributed by atoms with van der Waals surface area (Å²) in [6.45, 7) is 11.7. The Balaban J connectivity index is 2.49. The number of nitrogens with zero attached hydrogens (tertiary/aromatic N) is 2. The molecule has 2 unspecified atom stereocenters. The summed E-state index contributed by atoms with van der Waals surface area (Å²) in [6, 6.07) is 1.40. The molecule has 3 heteroatoms. The van der Waals surface area contributed by atoms with Crippen LogP contribution in [0.4, 0.5) is 0 Å². The molecule has 0 aliphatic carbocycles. The van der Waals surface area contributed by atoms with Crippen LogP contribution >= 0.6 is 0 Å². The first-order valence-electron chi connectivity index (χ1n) is 7.67. The van der Waals surface area contributed by atoms with Crippen molar-refractivity contribution in [3.63, 3.8) is 0 Å². The van der Waals surface area contributed by atoms with Gasteiger partial charge in [-0.25, -0.2) is 0 Å². The average molecular weight is 255 g/mol. The first-order valence-corrected chi connectivity index (χ1v) is 7.67. The van der Waals surface area contributed by atoms with Crippen LogP contribution in [-0.4, -0.2) is 62.2 Å². The van der Waals surface area contributed by atoms with Gasteiger partial charge in [0.15, 0.2) is 0 Å². The molecule has 1 saturated heterocycles. The summed E-state index contributed by atoms with van der Waals surface area (Å²) in [6.07, 6.45) is 3.93. The Hall–Kier alpha value is -0.120. The molecule has 1 heterocycles. The van der Waals surface area contributed by atoms with E-state index < -0.39 is 0 Å². The van der Waals surface area contributed by atoms with Gasteiger partial charge in [-0.15, -0.1) is 0 Å². The van der Waals surface area contributed by atoms with Crippen molar-refractivity contribution in [2.24, 2.45) is 5.92 Å². The third-order valence-electron chi connectivity index (χ3n) is 4.25. The molecule has 108 valence electrons. The molecule has 18 heavy (non-hydrogen) atoms. The van der Waals surface area contributed by atoms with Crippen LogP contribution in [0.2, 0.25) is 0 Å². The molecule has 0 radical (unpaired) electrons. The maximum atomic E-state index is 3.59. The van der Waals surface area contributed by atoms with Crippen LogP contribution in [0.1, 0.15) is 40.0 Å². The van der Waals surface area contributed by atoms with Gasteiger partial charge in [0.05, 0.1) is 0 Å². The molecular formula is C15H33N3. The van der Waals surface area contributed by atoms with E-state index >= 15 is 0 Å². The molecule has 0 spiro atoms. The zero-order chi connectivity index (χ0) is 13.5. The summed E-state index contributed by atoms with van der Waals surface area (Å²) < 4.78 is 0. The SMILES string of the molecule is CCCNCC(C(C)C)N(C)C1CCCN(C)C1. The molecule has 2 atom stereocenters. The van der Waals surface area contributed by atoms with Crippen molar-refractivity contribution in [3.05, 3.63) is 0 Å². The largest absolute Gasteiger partial charge is 0.315 e. The van der Waals surface area contributed by atoms with Crippen LogP contribution in [0.15, 0.2) is 0 Å². The van der Waals surface area contributed by atoms with E-state index in [4.69, 9.17) is 0 Å². The predicted octanol–water partition coefficient (Wildman–Crippen LogP) is 2.04. The van der Waals surface area contributed by atoms with Gasteiger partial charge >= 0.3 is 0 Å². The van der Waals surface area contributed by atoms with Crippen LogP contribution in [0, 0.1) is 5.92 Å². The molecule has 1 rings (SSSR count). The standard InChI is InChI=1S/C15H33N3/c1-6-9-16-11-15(13(2)3)18(5)14-8-7-10-17(4)12-14/h13-16H,6-12H2,1-5H3. The normalized spacial score (nSPS) is 23.8. The molecule has 0 aromatic heterocycles. The molecule has 1 N–H and O–H groups in total. The Morgan fingerprint density at radius 1 is 1.39 bits per heavy atom. The molecule has 0 aromatic carbocycles. The number of hydrogen-bond donors (Lipinski definition) is 1. The second-order valence-corrected chi connectivity index (χ2v) is 6.24. The minimum absolute atomic E-state index is 0.660. The number of hydrogen-bond acceptors (Lipinski definition) is 3. The number of piperidine rings is 1. The third kappa shape index (κ3) is 4.87. The predicted molar refractivity (Wildman–Crippen MR) is 80.1 cm³/mol. The molecule has 1 fully saturated rings. The summed E-state index contributed by atoms with van der Waals surface area (Å²) in [7, 11) is 4.57. The van der Waals surface area contributed by atoms with E-state index in [0.717, 1.165) is 19.1 Å². The highest BCUT2D eigenvalue weighted by Crippen LogP contribution is 2.19. The van der Waals surface area contributed by atoms with E-state index in [1.165, 1.54) is 32.4 Å². The zero-order valence-electron chi connectivity index (χ0n) is 13.1. The van der Waals surface area contributed by atoms with Crippen molar-refractivity contribution in [1.82, 2.24) is 15.1 Å². The highest BCUT2D eigenvalue weighted by molar-refractivity contribution is 4.84. The smallest absolute Gasteiger partial charge is 0.0244 e. The number of likely N-dealkylation sites (N-methyl/N-ethyl adjacent to an activating group) is 2. The van der Waals surface area contributed by atoms with Crippen LogP contribution in [0.3, 0.4) is 0 Å². The van der Waals surface area contributed by atoms with Crippen LogP contribution in [0.5, 0.6) is 0 Å². The van der Waals surface area contributed by atoms with E-state index in [9.17, 15) is 0 Å². The van der Waals surface area contributed by atoms with Crippen LogP contribution in [0.25, 0.3) is 0 Å². The fraction of sp³-hybridized carbons (Fsp3) is 1.00. The van der Waals surface area contributed by atoms with Crippen LogP contribution in [-0.2, 0) is 0 Å². The van der Waals surface area contributed by atoms with Crippen molar-refractivity contribution in [2.45, 2.75) is 52.1 Å². The molecule has 1 aliphatic heterocycles. The minimum Gasteiger partial charge on any atom is -0.315 e. The van der Waals surface area contributed by atoms with Crippen molar-refractivity contribution in [2.75, 3.05) is 40.3 Å². The van der Waals surface area contributed by atoms with E-state index in [2.05, 4.69) is 50.0 Å². The molecule has 0 saturated carbocycles. The van der Waals surface area contributed by atoms with Crippen LogP contribution < -0.4 is 5.32 Å². The summed E-state index contributed by atoms with van der Waals surface area (Å²) in [5.41, 5.74) is 0. The van der Waals surface area contributed by atoms with Gasteiger partial charge in [-0.1, -0.05) is 20.8 Å². The lowest BCUT2D eigenvalue weighted by molar-refractivity contribution is 0.0782. The molecule has 0 aromatic rings. The monoisotopic (exact) mass is 255 g/mol. The van der Waals surface area contributed by atoms with Gasteiger partial charge in [0, 0.05) is 25.2 Å². The maximum absolute atomic E-state index is 3.59. The third-order valence-corrected chi connectivity index (χ3v) is 4.25. The van der Waals surface area contributed by atoms with Crippen molar-refractivity contribution in [1.29, 1.82) is 0 Å². The Kier molecular flexibility index (Phi) is 7.20.